The molecular formula is C20H20O6. The van der Waals surface area contributed by atoms with Crippen LogP contribution in [0.4, 0.5) is 0 Å². The number of ether oxygens (including phenoxy) is 1. The molecule has 3 rings (SSSR count). The fourth-order valence-electron chi connectivity index (χ4n) is 2.92. The first kappa shape index (κ1) is 17.9. The topological polar surface area (TPSA) is 97.0 Å². The molecule has 1 aromatic carbocycles. The number of cyclic esters (lactones) is 1. The maximum Gasteiger partial charge on any atom is 0.342 e. The third-order valence-corrected chi connectivity index (χ3v) is 4.19. The molecule has 2 heterocycles. The lowest BCUT2D eigenvalue weighted by molar-refractivity contribution is -0.116. The summed E-state index contributed by atoms with van der Waals surface area (Å²) in [5.41, 5.74) is 0.942. The second-order valence-electron chi connectivity index (χ2n) is 6.33. The van der Waals surface area contributed by atoms with Gasteiger partial charge in [-0.05, 0) is 25.5 Å². The van der Waals surface area contributed by atoms with E-state index in [9.17, 15) is 19.8 Å². The molecule has 0 radical (unpaired) electrons. The van der Waals surface area contributed by atoms with Crippen LogP contribution in [0.25, 0.3) is 17.0 Å². The van der Waals surface area contributed by atoms with Gasteiger partial charge in [0.05, 0.1) is 12.4 Å². The summed E-state index contributed by atoms with van der Waals surface area (Å²) in [6.45, 7) is 1.70. The van der Waals surface area contributed by atoms with Crippen molar-refractivity contribution in [1.82, 2.24) is 0 Å². The van der Waals surface area contributed by atoms with Gasteiger partial charge in [0.25, 0.3) is 0 Å². The molecule has 2 N–H and O–H groups in total. The smallest absolute Gasteiger partial charge is 0.342 e. The minimum Gasteiger partial charge on any atom is -0.507 e. The van der Waals surface area contributed by atoms with Crippen molar-refractivity contribution < 1.29 is 29.0 Å². The van der Waals surface area contributed by atoms with Crippen molar-refractivity contribution >= 4 is 28.8 Å². The van der Waals surface area contributed by atoms with Gasteiger partial charge < -0.3 is 19.4 Å². The number of hydrogen-bond donors (Lipinski definition) is 2. The van der Waals surface area contributed by atoms with Crippen molar-refractivity contribution in [2.24, 2.45) is 0 Å². The molecule has 6 heteroatoms. The summed E-state index contributed by atoms with van der Waals surface area (Å²) in [5.74, 6) is -1.07. The summed E-state index contributed by atoms with van der Waals surface area (Å²) in [7, 11) is 0. The Labute approximate surface area is 150 Å². The van der Waals surface area contributed by atoms with E-state index in [0.29, 0.717) is 23.0 Å². The number of phenols is 1. The quantitative estimate of drug-likeness (QED) is 0.703. The molecule has 0 unspecified atom stereocenters. The summed E-state index contributed by atoms with van der Waals surface area (Å²) in [6, 6.07) is 3.07. The van der Waals surface area contributed by atoms with Crippen molar-refractivity contribution in [2.45, 2.75) is 38.4 Å². The van der Waals surface area contributed by atoms with Crippen LogP contribution in [-0.2, 0) is 9.53 Å². The highest BCUT2D eigenvalue weighted by Gasteiger charge is 2.22. The molecule has 0 spiro atoms. The summed E-state index contributed by atoms with van der Waals surface area (Å²) in [4.78, 5) is 24.4. The molecule has 1 aliphatic rings. The lowest BCUT2D eigenvalue weighted by Gasteiger charge is -2.15. The molecule has 2 atom stereocenters. The molecule has 6 nitrogen and oxygen atoms in total. The van der Waals surface area contributed by atoms with Gasteiger partial charge in [-0.2, -0.15) is 0 Å². The number of aliphatic hydroxyl groups is 1. The predicted molar refractivity (Wildman–Crippen MR) is 95.8 cm³/mol. The molecule has 1 aliphatic heterocycles. The summed E-state index contributed by atoms with van der Waals surface area (Å²) < 4.78 is 10.7. The molecule has 0 amide bonds. The number of aromatic hydroxyl groups is 1. The summed E-state index contributed by atoms with van der Waals surface area (Å²) >= 11 is 0. The average Bonchev–Trinajstić information content (AvgIpc) is 3.01. The Morgan fingerprint density at radius 3 is 2.73 bits per heavy atom. The maximum absolute atomic E-state index is 12.6. The molecular weight excluding hydrogens is 336 g/mol. The van der Waals surface area contributed by atoms with Crippen molar-refractivity contribution in [3.05, 3.63) is 47.8 Å². The van der Waals surface area contributed by atoms with E-state index >= 15 is 0 Å². The number of esters is 1. The lowest BCUT2D eigenvalue weighted by Crippen LogP contribution is -2.16. The zero-order valence-corrected chi connectivity index (χ0v) is 14.3. The van der Waals surface area contributed by atoms with E-state index in [1.165, 1.54) is 18.4 Å². The minimum atomic E-state index is -0.823. The highest BCUT2D eigenvalue weighted by Crippen LogP contribution is 2.33. The normalized spacial score (nSPS) is 24.5. The van der Waals surface area contributed by atoms with Gasteiger partial charge >= 0.3 is 5.97 Å². The van der Waals surface area contributed by atoms with E-state index in [-0.39, 0.29) is 29.9 Å². The molecule has 1 aromatic heterocycles. The zero-order valence-electron chi connectivity index (χ0n) is 14.3. The molecule has 0 aliphatic carbocycles. The van der Waals surface area contributed by atoms with Crippen LogP contribution in [0.1, 0.15) is 42.1 Å². The van der Waals surface area contributed by atoms with Crippen molar-refractivity contribution in [1.29, 1.82) is 0 Å². The largest absolute Gasteiger partial charge is 0.507 e. The van der Waals surface area contributed by atoms with Crippen molar-refractivity contribution in [3.63, 3.8) is 0 Å². The number of allylic oxidation sites excluding steroid dienone is 1. The van der Waals surface area contributed by atoms with Crippen LogP contribution in [0.15, 0.2) is 41.0 Å². The fourth-order valence-corrected chi connectivity index (χ4v) is 2.92. The van der Waals surface area contributed by atoms with Crippen LogP contribution in [0.5, 0.6) is 5.75 Å². The first-order valence-electron chi connectivity index (χ1n) is 8.44. The van der Waals surface area contributed by atoms with Crippen LogP contribution in [0.2, 0.25) is 0 Å². The number of ketones is 1. The Morgan fingerprint density at radius 1 is 1.15 bits per heavy atom. The van der Waals surface area contributed by atoms with E-state index in [0.717, 1.165) is 0 Å². The predicted octanol–water partition coefficient (Wildman–Crippen LogP) is 3.37. The van der Waals surface area contributed by atoms with Gasteiger partial charge in [0.2, 0.25) is 0 Å². The second-order valence-corrected chi connectivity index (χ2v) is 6.33. The Morgan fingerprint density at radius 2 is 1.92 bits per heavy atom. The highest BCUT2D eigenvalue weighted by molar-refractivity contribution is 6.04. The molecule has 136 valence electrons. The standard InChI is InChI=1S/C20H20O6/c1-12-4-2-5-13(21)10-14(22)6-3-7-16-15-8-9-25-18(15)11-17(23)19(16)20(24)26-12/h2-3,5,7-9,11-12,14,22-23H,4,6,10H2,1H3/b5-2-,7-3+/t12-,14-/m0/s1. The van der Waals surface area contributed by atoms with Gasteiger partial charge in [-0.25, -0.2) is 4.79 Å². The zero-order chi connectivity index (χ0) is 18.7. The molecule has 2 aromatic rings. The highest BCUT2D eigenvalue weighted by atomic mass is 16.5. The summed E-state index contributed by atoms with van der Waals surface area (Å²) in [6.07, 6.45) is 7.08. The first-order chi connectivity index (χ1) is 12.5. The molecule has 0 fully saturated rings. The number of furan rings is 1. The van der Waals surface area contributed by atoms with Gasteiger partial charge in [0.1, 0.15) is 23.0 Å². The molecule has 0 bridgehead atoms. The molecule has 26 heavy (non-hydrogen) atoms. The van der Waals surface area contributed by atoms with E-state index in [1.54, 1.807) is 31.2 Å². The van der Waals surface area contributed by atoms with Crippen molar-refractivity contribution in [3.8, 4) is 5.75 Å². The monoisotopic (exact) mass is 356 g/mol. The number of rotatable bonds is 0. The van der Waals surface area contributed by atoms with Gasteiger partial charge in [0.15, 0.2) is 5.78 Å². The molecule has 0 saturated heterocycles. The van der Waals surface area contributed by atoms with Crippen molar-refractivity contribution in [2.75, 3.05) is 0 Å². The Balaban J connectivity index is 2.07. The Hall–Kier alpha value is -2.86. The number of benzene rings is 1. The number of aliphatic hydroxyl groups excluding tert-OH is 1. The van der Waals surface area contributed by atoms with Crippen LogP contribution >= 0.6 is 0 Å². The van der Waals surface area contributed by atoms with E-state index < -0.39 is 18.2 Å². The van der Waals surface area contributed by atoms with Gasteiger partial charge in [-0.3, -0.25) is 4.79 Å². The lowest BCUT2D eigenvalue weighted by atomic mass is 10.00. The number of fused-ring (bicyclic) bond motifs is 3. The minimum absolute atomic E-state index is 0.0169. The second kappa shape index (κ2) is 7.58. The average molecular weight is 356 g/mol. The molecule has 0 saturated carbocycles. The number of carbonyl (C=O) groups excluding carboxylic acids is 2. The van der Waals surface area contributed by atoms with E-state index in [4.69, 9.17) is 9.15 Å². The third-order valence-electron chi connectivity index (χ3n) is 4.19. The third kappa shape index (κ3) is 3.86. The van der Waals surface area contributed by atoms with E-state index in [2.05, 4.69) is 0 Å². The van der Waals surface area contributed by atoms with E-state index in [1.807, 2.05) is 0 Å². The fraction of sp³-hybridized carbons (Fsp3) is 0.300. The van der Waals surface area contributed by atoms with Crippen LogP contribution in [-0.4, -0.2) is 34.2 Å². The Kier molecular flexibility index (Phi) is 5.23. The summed E-state index contributed by atoms with van der Waals surface area (Å²) in [5, 5.41) is 21.0. The van der Waals surface area contributed by atoms with Crippen LogP contribution in [0, 0.1) is 0 Å². The Bertz CT molecular complexity index is 889. The van der Waals surface area contributed by atoms with Crippen LogP contribution in [0.3, 0.4) is 0 Å². The SMILES string of the molecule is C[C@H]1C/C=C\C(=O)C[C@@H](O)C/C=C/c2c(c(O)cc3occc23)C(=O)O1. The first-order valence-corrected chi connectivity index (χ1v) is 8.44. The number of carbonyl (C=O) groups is 2. The van der Waals surface area contributed by atoms with Gasteiger partial charge in [0, 0.05) is 29.9 Å². The number of hydrogen-bond acceptors (Lipinski definition) is 6. The van der Waals surface area contributed by atoms with Crippen LogP contribution < -0.4 is 0 Å². The van der Waals surface area contributed by atoms with Gasteiger partial charge in [-0.1, -0.05) is 18.2 Å². The maximum atomic E-state index is 12.6. The van der Waals surface area contributed by atoms with Gasteiger partial charge in [-0.15, -0.1) is 0 Å². The number of phenolic OH excluding ortho intramolecular Hbond substituents is 1.